The zero-order chi connectivity index (χ0) is 20.4. The fourth-order valence-electron chi connectivity index (χ4n) is 4.93. The molecule has 0 amide bonds. The van der Waals surface area contributed by atoms with Gasteiger partial charge in [0.05, 0.1) is 19.0 Å². The second kappa shape index (κ2) is 8.55. The van der Waals surface area contributed by atoms with Crippen LogP contribution in [-0.2, 0) is 38.1 Å². The van der Waals surface area contributed by atoms with Crippen LogP contribution in [-0.4, -0.2) is 59.1 Å². The Hall–Kier alpha value is -1.03. The Morgan fingerprint density at radius 2 is 1.96 bits per heavy atom. The number of Topliss-reactive ketones (excluding diaryl/α,β-unsaturated/α-hetero) is 1. The van der Waals surface area contributed by atoms with Gasteiger partial charge in [-0.25, -0.2) is 0 Å². The van der Waals surface area contributed by atoms with Crippen LogP contribution in [0, 0.1) is 23.2 Å². The number of rotatable bonds is 7. The first-order valence-corrected chi connectivity index (χ1v) is 11.0. The van der Waals surface area contributed by atoms with Gasteiger partial charge in [0.25, 0.3) is 10.1 Å². The highest BCUT2D eigenvalue weighted by molar-refractivity contribution is 7.86. The predicted octanol–water partition coefficient (Wildman–Crippen LogP) is 1.52. The number of hydrogen-bond donors (Lipinski definition) is 0. The molecule has 2 saturated carbocycles. The van der Waals surface area contributed by atoms with Crippen molar-refractivity contribution in [3.05, 3.63) is 0 Å². The first kappa shape index (κ1) is 22.3. The van der Waals surface area contributed by atoms with Crippen LogP contribution in [0.2, 0.25) is 0 Å². The molecule has 2 fully saturated rings. The molecule has 2 aliphatic carbocycles. The molecule has 2 aliphatic rings. The molecule has 0 aromatic carbocycles. The number of ether oxygens (including phenoxy) is 3. The van der Waals surface area contributed by atoms with Crippen LogP contribution in [0.15, 0.2) is 0 Å². The number of carbonyl (C=O) groups excluding carboxylic acids is 2. The summed E-state index contributed by atoms with van der Waals surface area (Å²) in [4.78, 5) is 24.0. The summed E-state index contributed by atoms with van der Waals surface area (Å²) < 4.78 is 45.1. The highest BCUT2D eigenvalue weighted by atomic mass is 32.2. The Morgan fingerprint density at radius 1 is 1.30 bits per heavy atom. The molecular formula is C18H30O8S. The predicted molar refractivity (Wildman–Crippen MR) is 96.2 cm³/mol. The number of carbonyl (C=O) groups is 2. The molecule has 0 bridgehead atoms. The Bertz CT molecular complexity index is 660. The topological polar surface area (TPSA) is 105 Å². The summed E-state index contributed by atoms with van der Waals surface area (Å²) >= 11 is 0. The van der Waals surface area contributed by atoms with Crippen molar-refractivity contribution in [3.8, 4) is 0 Å². The van der Waals surface area contributed by atoms with E-state index >= 15 is 0 Å². The zero-order valence-corrected chi connectivity index (χ0v) is 17.4. The summed E-state index contributed by atoms with van der Waals surface area (Å²) in [5.74, 6) is -1.20. The third kappa shape index (κ3) is 5.07. The minimum atomic E-state index is -3.74. The van der Waals surface area contributed by atoms with Crippen LogP contribution in [0.5, 0.6) is 0 Å². The summed E-state index contributed by atoms with van der Waals surface area (Å²) in [6.45, 7) is 5.53. The van der Waals surface area contributed by atoms with Gasteiger partial charge in [-0.2, -0.15) is 8.42 Å². The molecule has 27 heavy (non-hydrogen) atoms. The lowest BCUT2D eigenvalue weighted by molar-refractivity contribution is -0.193. The normalized spacial score (nSPS) is 36.9. The molecule has 0 spiro atoms. The quantitative estimate of drug-likeness (QED) is 0.271. The van der Waals surface area contributed by atoms with Crippen LogP contribution >= 0.6 is 0 Å². The summed E-state index contributed by atoms with van der Waals surface area (Å²) in [5, 5.41) is 0. The first-order valence-electron chi connectivity index (χ1n) is 9.14. The van der Waals surface area contributed by atoms with Gasteiger partial charge in [0.2, 0.25) is 0 Å². The van der Waals surface area contributed by atoms with Gasteiger partial charge >= 0.3 is 5.97 Å². The lowest BCUT2D eigenvalue weighted by Gasteiger charge is -2.56. The molecule has 0 saturated heterocycles. The fraction of sp³-hybridized carbons (Fsp3) is 0.889. The third-order valence-corrected chi connectivity index (χ3v) is 6.59. The van der Waals surface area contributed by atoms with E-state index in [1.165, 1.54) is 14.0 Å². The molecule has 0 unspecified atom stereocenters. The van der Waals surface area contributed by atoms with E-state index in [-0.39, 0.29) is 43.4 Å². The molecule has 9 heteroatoms. The largest absolute Gasteiger partial charge is 0.462 e. The SMILES string of the molecule is COCOC[C@H]1[C@H](OC(C)=O)C[C@H](OS(C)(=O)=O)[C@H]2[C@@H](C)C(=O)CC[C@@]21C. The summed E-state index contributed by atoms with van der Waals surface area (Å²) in [6, 6.07) is 0. The third-order valence-electron chi connectivity index (χ3n) is 5.99. The lowest BCUT2D eigenvalue weighted by Crippen LogP contribution is -2.60. The average molecular weight is 406 g/mol. The second-order valence-electron chi connectivity index (χ2n) is 7.89. The van der Waals surface area contributed by atoms with Crippen molar-refractivity contribution in [3.63, 3.8) is 0 Å². The number of fused-ring (bicyclic) bond motifs is 1. The van der Waals surface area contributed by atoms with Gasteiger partial charge in [-0.1, -0.05) is 13.8 Å². The van der Waals surface area contributed by atoms with Crippen molar-refractivity contribution >= 4 is 21.9 Å². The van der Waals surface area contributed by atoms with E-state index in [4.69, 9.17) is 18.4 Å². The summed E-state index contributed by atoms with van der Waals surface area (Å²) in [6.07, 6.45) is 0.858. The molecule has 8 nitrogen and oxygen atoms in total. The van der Waals surface area contributed by atoms with Crippen molar-refractivity contribution in [1.82, 2.24) is 0 Å². The minimum absolute atomic E-state index is 0.0990. The maximum Gasteiger partial charge on any atom is 0.302 e. The van der Waals surface area contributed by atoms with E-state index in [9.17, 15) is 18.0 Å². The van der Waals surface area contributed by atoms with Crippen molar-refractivity contribution in [2.75, 3.05) is 26.8 Å². The van der Waals surface area contributed by atoms with Crippen LogP contribution in [0.4, 0.5) is 0 Å². The van der Waals surface area contributed by atoms with E-state index in [1.807, 2.05) is 13.8 Å². The smallest absolute Gasteiger partial charge is 0.302 e. The molecule has 2 rings (SSSR count). The standard InChI is InChI=1S/C18H30O8S/c1-11-14(20)6-7-18(3)13(9-24-10-23-4)15(25-12(2)19)8-16(17(11)18)26-27(5,21)22/h11,13,15-17H,6-10H2,1-5H3/t11-,13-,15+,16-,17+,18+/m0/s1. The minimum Gasteiger partial charge on any atom is -0.462 e. The van der Waals surface area contributed by atoms with Crippen LogP contribution < -0.4 is 0 Å². The first-order chi connectivity index (χ1) is 12.5. The van der Waals surface area contributed by atoms with Gasteiger partial charge in [-0.15, -0.1) is 0 Å². The van der Waals surface area contributed by atoms with Crippen molar-refractivity contribution in [1.29, 1.82) is 0 Å². The fourth-order valence-corrected chi connectivity index (χ4v) is 5.57. The molecule has 0 aliphatic heterocycles. The maximum atomic E-state index is 12.4. The van der Waals surface area contributed by atoms with Gasteiger partial charge in [-0.3, -0.25) is 13.8 Å². The van der Waals surface area contributed by atoms with E-state index in [0.717, 1.165) is 6.26 Å². The van der Waals surface area contributed by atoms with Gasteiger partial charge in [0, 0.05) is 44.6 Å². The molecule has 0 heterocycles. The summed E-state index contributed by atoms with van der Waals surface area (Å²) in [7, 11) is -2.22. The Morgan fingerprint density at radius 3 is 2.52 bits per heavy atom. The van der Waals surface area contributed by atoms with Crippen LogP contribution in [0.3, 0.4) is 0 Å². The van der Waals surface area contributed by atoms with E-state index in [0.29, 0.717) is 12.8 Å². The van der Waals surface area contributed by atoms with E-state index in [1.54, 1.807) is 0 Å². The van der Waals surface area contributed by atoms with Crippen LogP contribution in [0.1, 0.15) is 40.0 Å². The number of esters is 1. The van der Waals surface area contributed by atoms with Gasteiger partial charge < -0.3 is 14.2 Å². The molecule has 0 aromatic heterocycles. The number of methoxy groups -OCH3 is 1. The molecule has 156 valence electrons. The lowest BCUT2D eigenvalue weighted by atomic mass is 9.51. The Balaban J connectivity index is 2.43. The van der Waals surface area contributed by atoms with Gasteiger partial charge in [0.1, 0.15) is 18.7 Å². The average Bonchev–Trinajstić information content (AvgIpc) is 2.52. The van der Waals surface area contributed by atoms with E-state index in [2.05, 4.69) is 0 Å². The van der Waals surface area contributed by atoms with Crippen molar-refractivity contribution in [2.24, 2.45) is 23.2 Å². The number of ketones is 1. The van der Waals surface area contributed by atoms with Gasteiger partial charge in [-0.05, 0) is 11.8 Å². The van der Waals surface area contributed by atoms with Crippen molar-refractivity contribution < 1.29 is 36.4 Å². The summed E-state index contributed by atoms with van der Waals surface area (Å²) in [5.41, 5.74) is -0.477. The van der Waals surface area contributed by atoms with Gasteiger partial charge in [0.15, 0.2) is 0 Å². The maximum absolute atomic E-state index is 12.4. The second-order valence-corrected chi connectivity index (χ2v) is 9.49. The van der Waals surface area contributed by atoms with E-state index < -0.39 is 33.7 Å². The molecule has 6 atom stereocenters. The van der Waals surface area contributed by atoms with Crippen LogP contribution in [0.25, 0.3) is 0 Å². The number of hydrogen-bond acceptors (Lipinski definition) is 8. The molecule has 0 radical (unpaired) electrons. The molecule has 0 aromatic rings. The highest BCUT2D eigenvalue weighted by Crippen LogP contribution is 2.56. The monoisotopic (exact) mass is 406 g/mol. The molecular weight excluding hydrogens is 376 g/mol. The highest BCUT2D eigenvalue weighted by Gasteiger charge is 2.59. The Labute approximate surface area is 161 Å². The Kier molecular flexibility index (Phi) is 7.05. The zero-order valence-electron chi connectivity index (χ0n) is 16.6. The molecule has 0 N–H and O–H groups in total. The van der Waals surface area contributed by atoms with Crippen molar-refractivity contribution in [2.45, 2.75) is 52.2 Å².